The summed E-state index contributed by atoms with van der Waals surface area (Å²) >= 11 is 3.51. The lowest BCUT2D eigenvalue weighted by molar-refractivity contribution is 0.253. The maximum Gasteiger partial charge on any atom is 0.124 e. The number of rotatable bonds is 5. The number of aromatic nitrogens is 1. The van der Waals surface area contributed by atoms with Crippen molar-refractivity contribution in [3.63, 3.8) is 0 Å². The van der Waals surface area contributed by atoms with Gasteiger partial charge in [0.05, 0.1) is 10.6 Å². The van der Waals surface area contributed by atoms with Crippen molar-refractivity contribution in [1.29, 1.82) is 0 Å². The monoisotopic (exact) mass is 428 g/mol. The second-order valence-corrected chi connectivity index (χ2v) is 9.76. The Balaban J connectivity index is 1.58. The minimum Gasteiger partial charge on any atom is -0.321 e. The summed E-state index contributed by atoms with van der Waals surface area (Å²) in [5.74, 6) is 0. The highest BCUT2D eigenvalue weighted by Crippen LogP contribution is 2.42. The standard InChI is InChI=1S/C26H24N2S2/c1-29-22-14-10-20(11-15-22)25-28-23(24(30-25)19-6-3-2-4-7-19)18-8-12-21(13-9-18)26(27)16-5-17-26/h2-4,6-15H,5,16-17,27H2,1H3. The molecule has 2 N–H and O–H groups in total. The molecule has 30 heavy (non-hydrogen) atoms. The van der Waals surface area contributed by atoms with Crippen LogP contribution in [0.25, 0.3) is 32.3 Å². The highest BCUT2D eigenvalue weighted by molar-refractivity contribution is 7.98. The molecule has 1 aliphatic rings. The van der Waals surface area contributed by atoms with Crippen molar-refractivity contribution in [2.75, 3.05) is 6.26 Å². The van der Waals surface area contributed by atoms with Gasteiger partial charge in [0, 0.05) is 21.6 Å². The van der Waals surface area contributed by atoms with Gasteiger partial charge < -0.3 is 5.73 Å². The second-order valence-electron chi connectivity index (χ2n) is 7.88. The Bertz CT molecular complexity index is 1140. The van der Waals surface area contributed by atoms with Crippen LogP contribution in [0.1, 0.15) is 24.8 Å². The summed E-state index contributed by atoms with van der Waals surface area (Å²) in [6.45, 7) is 0. The first-order valence-electron chi connectivity index (χ1n) is 10.3. The molecule has 5 rings (SSSR count). The molecular weight excluding hydrogens is 404 g/mol. The predicted octanol–water partition coefficient (Wildman–Crippen LogP) is 7.20. The molecular formula is C26H24N2S2. The van der Waals surface area contributed by atoms with Crippen LogP contribution in [0.3, 0.4) is 0 Å². The van der Waals surface area contributed by atoms with Gasteiger partial charge in [-0.15, -0.1) is 23.1 Å². The van der Waals surface area contributed by atoms with Crippen LogP contribution in [0.5, 0.6) is 0 Å². The second kappa shape index (κ2) is 8.03. The van der Waals surface area contributed by atoms with Crippen LogP contribution in [0, 0.1) is 0 Å². The van der Waals surface area contributed by atoms with Crippen molar-refractivity contribution >= 4 is 23.1 Å². The van der Waals surface area contributed by atoms with E-state index in [9.17, 15) is 0 Å². The van der Waals surface area contributed by atoms with Crippen molar-refractivity contribution in [3.8, 4) is 32.3 Å². The van der Waals surface area contributed by atoms with Gasteiger partial charge in [-0.1, -0.05) is 66.7 Å². The minimum absolute atomic E-state index is 0.132. The summed E-state index contributed by atoms with van der Waals surface area (Å²) in [5, 5.41) is 1.05. The fourth-order valence-electron chi connectivity index (χ4n) is 3.96. The van der Waals surface area contributed by atoms with Gasteiger partial charge in [-0.05, 0) is 48.8 Å². The van der Waals surface area contributed by atoms with Gasteiger partial charge in [0.25, 0.3) is 0 Å². The predicted molar refractivity (Wildman–Crippen MR) is 130 cm³/mol. The first kappa shape index (κ1) is 19.6. The number of thioether (sulfide) groups is 1. The normalized spacial score (nSPS) is 15.0. The Kier molecular flexibility index (Phi) is 5.23. The molecule has 1 fully saturated rings. The Hall–Kier alpha value is -2.40. The van der Waals surface area contributed by atoms with Crippen molar-refractivity contribution in [1.82, 2.24) is 4.98 Å². The molecule has 1 heterocycles. The first-order valence-corrected chi connectivity index (χ1v) is 12.3. The summed E-state index contributed by atoms with van der Waals surface area (Å²) in [6, 6.07) is 28.0. The number of nitrogens with zero attached hydrogens (tertiary/aromatic N) is 1. The van der Waals surface area contributed by atoms with E-state index in [2.05, 4.69) is 85.1 Å². The van der Waals surface area contributed by atoms with Crippen molar-refractivity contribution in [2.45, 2.75) is 29.7 Å². The zero-order valence-corrected chi connectivity index (χ0v) is 18.6. The zero-order valence-electron chi connectivity index (χ0n) is 17.0. The maximum absolute atomic E-state index is 6.52. The van der Waals surface area contributed by atoms with Crippen molar-refractivity contribution in [2.24, 2.45) is 5.73 Å². The molecule has 0 spiro atoms. The fraction of sp³-hybridized carbons (Fsp3) is 0.192. The van der Waals surface area contributed by atoms with Gasteiger partial charge >= 0.3 is 0 Å². The molecule has 1 aromatic heterocycles. The van der Waals surface area contributed by atoms with Crippen LogP contribution in [0.15, 0.2) is 83.8 Å². The summed E-state index contributed by atoms with van der Waals surface area (Å²) in [5.41, 5.74) is 12.2. The molecule has 150 valence electrons. The molecule has 4 heteroatoms. The molecule has 0 radical (unpaired) electrons. The Morgan fingerprint density at radius 2 is 1.50 bits per heavy atom. The Morgan fingerprint density at radius 3 is 2.10 bits per heavy atom. The van der Waals surface area contributed by atoms with Crippen LogP contribution in [0.2, 0.25) is 0 Å². The fourth-order valence-corrected chi connectivity index (χ4v) is 5.47. The highest BCUT2D eigenvalue weighted by Gasteiger charge is 2.34. The molecule has 0 bridgehead atoms. The van der Waals surface area contributed by atoms with E-state index in [1.807, 2.05) is 0 Å². The summed E-state index contributed by atoms with van der Waals surface area (Å²) in [7, 11) is 0. The van der Waals surface area contributed by atoms with Gasteiger partial charge in [0.1, 0.15) is 5.01 Å². The molecule has 3 aromatic carbocycles. The van der Waals surface area contributed by atoms with Crippen molar-refractivity contribution in [3.05, 3.63) is 84.4 Å². The summed E-state index contributed by atoms with van der Waals surface area (Å²) in [6.07, 6.45) is 5.48. The SMILES string of the molecule is CSc1ccc(-c2nc(-c3ccc(C4(N)CCC4)cc3)c(-c3ccccc3)s2)cc1. The third-order valence-corrected chi connectivity index (χ3v) is 7.88. The van der Waals surface area contributed by atoms with Gasteiger partial charge in [-0.25, -0.2) is 4.98 Å². The highest BCUT2D eigenvalue weighted by atomic mass is 32.2. The van der Waals surface area contributed by atoms with Crippen LogP contribution >= 0.6 is 23.1 Å². The topological polar surface area (TPSA) is 38.9 Å². The van der Waals surface area contributed by atoms with E-state index in [1.165, 1.54) is 27.3 Å². The average Bonchev–Trinajstić information content (AvgIpc) is 3.24. The molecule has 1 aliphatic carbocycles. The third kappa shape index (κ3) is 3.60. The molecule has 0 atom stereocenters. The molecule has 0 aliphatic heterocycles. The lowest BCUT2D eigenvalue weighted by Crippen LogP contribution is -2.43. The lowest BCUT2D eigenvalue weighted by Gasteiger charge is -2.38. The number of hydrogen-bond acceptors (Lipinski definition) is 4. The summed E-state index contributed by atoms with van der Waals surface area (Å²) in [4.78, 5) is 7.56. The number of thiazole rings is 1. The molecule has 0 unspecified atom stereocenters. The van der Waals surface area contributed by atoms with Crippen LogP contribution in [0.4, 0.5) is 0 Å². The lowest BCUT2D eigenvalue weighted by atomic mass is 9.72. The quantitative estimate of drug-likeness (QED) is 0.341. The van der Waals surface area contributed by atoms with Crippen LogP contribution in [-0.2, 0) is 5.54 Å². The zero-order chi connectivity index (χ0) is 20.6. The molecule has 4 aromatic rings. The summed E-state index contributed by atoms with van der Waals surface area (Å²) < 4.78 is 0. The van der Waals surface area contributed by atoms with Gasteiger partial charge in [0.15, 0.2) is 0 Å². The molecule has 1 saturated carbocycles. The van der Waals surface area contributed by atoms with E-state index < -0.39 is 0 Å². The molecule has 0 saturated heterocycles. The Labute approximate surface area is 186 Å². The Morgan fingerprint density at radius 1 is 0.833 bits per heavy atom. The van der Waals surface area contributed by atoms with Crippen molar-refractivity contribution < 1.29 is 0 Å². The van der Waals surface area contributed by atoms with Gasteiger partial charge in [-0.3, -0.25) is 0 Å². The number of hydrogen-bond donors (Lipinski definition) is 1. The van der Waals surface area contributed by atoms with E-state index in [4.69, 9.17) is 10.7 Å². The maximum atomic E-state index is 6.52. The van der Waals surface area contributed by atoms with E-state index in [-0.39, 0.29) is 5.54 Å². The van der Waals surface area contributed by atoms with Gasteiger partial charge in [-0.2, -0.15) is 0 Å². The number of benzene rings is 3. The smallest absolute Gasteiger partial charge is 0.124 e. The molecule has 0 amide bonds. The van der Waals surface area contributed by atoms with E-state index in [1.54, 1.807) is 23.1 Å². The largest absolute Gasteiger partial charge is 0.321 e. The third-order valence-electron chi connectivity index (χ3n) is 5.98. The van der Waals surface area contributed by atoms with Crippen LogP contribution in [-0.4, -0.2) is 11.2 Å². The van der Waals surface area contributed by atoms with E-state index in [0.29, 0.717) is 0 Å². The average molecular weight is 429 g/mol. The number of nitrogens with two attached hydrogens (primary N) is 1. The van der Waals surface area contributed by atoms with E-state index in [0.717, 1.165) is 34.7 Å². The van der Waals surface area contributed by atoms with Gasteiger partial charge in [0.2, 0.25) is 0 Å². The van der Waals surface area contributed by atoms with Crippen LogP contribution < -0.4 is 5.73 Å². The van der Waals surface area contributed by atoms with E-state index >= 15 is 0 Å². The minimum atomic E-state index is -0.132. The first-order chi connectivity index (χ1) is 14.7. The molecule has 2 nitrogen and oxygen atoms in total.